The number of aromatic nitrogens is 1. The zero-order chi connectivity index (χ0) is 16.2. The van der Waals surface area contributed by atoms with Gasteiger partial charge in [-0.15, -0.1) is 11.3 Å². The van der Waals surface area contributed by atoms with Crippen LogP contribution in [0.4, 0.5) is 0 Å². The lowest BCUT2D eigenvalue weighted by molar-refractivity contribution is 0.0464. The van der Waals surface area contributed by atoms with Crippen LogP contribution < -0.4 is 9.47 Å². The number of rotatable bonds is 5. The van der Waals surface area contributed by atoms with Crippen LogP contribution in [0.2, 0.25) is 0 Å². The van der Waals surface area contributed by atoms with Crippen molar-refractivity contribution in [3.8, 4) is 11.5 Å². The third kappa shape index (κ3) is 3.82. The molecular weight excluding hydrogens is 386 g/mol. The van der Waals surface area contributed by atoms with E-state index in [2.05, 4.69) is 20.9 Å². The molecule has 2 heterocycles. The molecule has 23 heavy (non-hydrogen) atoms. The number of benzene rings is 1. The van der Waals surface area contributed by atoms with Crippen molar-refractivity contribution in [3.63, 3.8) is 0 Å². The number of halogens is 1. The van der Waals surface area contributed by atoms with E-state index < -0.39 is 5.97 Å². The highest BCUT2D eigenvalue weighted by Gasteiger charge is 2.17. The topological polar surface area (TPSA) is 66.9 Å². The smallest absolute Gasteiger partial charge is 0.358 e. The summed E-state index contributed by atoms with van der Waals surface area (Å²) in [6.07, 6.45) is 0. The number of hydrogen-bond acceptors (Lipinski definition) is 7. The lowest BCUT2D eigenvalue weighted by Gasteiger charge is -2.19. The molecule has 0 aliphatic carbocycles. The molecule has 0 saturated heterocycles. The van der Waals surface area contributed by atoms with Crippen molar-refractivity contribution in [3.05, 3.63) is 38.3 Å². The van der Waals surface area contributed by atoms with Crippen LogP contribution in [0, 0.1) is 0 Å². The van der Waals surface area contributed by atoms with E-state index in [-0.39, 0.29) is 12.3 Å². The first-order chi connectivity index (χ1) is 11.2. The summed E-state index contributed by atoms with van der Waals surface area (Å²) >= 11 is 4.81. The maximum absolute atomic E-state index is 12.0. The standard InChI is InChI=1S/C15H14BrNO5S/c1-19-7-14-17-11(8-23-14)15(18)22-6-9-4-12-13(5-10(9)16)21-3-2-20-12/h4-5,8H,2-3,6-7H2,1H3. The van der Waals surface area contributed by atoms with Crippen molar-refractivity contribution in [2.45, 2.75) is 13.2 Å². The van der Waals surface area contributed by atoms with Gasteiger partial charge in [0.1, 0.15) is 24.8 Å². The Hall–Kier alpha value is -1.64. The molecule has 6 nitrogen and oxygen atoms in total. The minimum Gasteiger partial charge on any atom is -0.486 e. The van der Waals surface area contributed by atoms with E-state index in [1.54, 1.807) is 12.5 Å². The molecule has 1 aromatic heterocycles. The van der Waals surface area contributed by atoms with E-state index in [0.717, 1.165) is 15.0 Å². The van der Waals surface area contributed by atoms with Gasteiger partial charge in [-0.05, 0) is 12.1 Å². The molecule has 0 N–H and O–H groups in total. The van der Waals surface area contributed by atoms with E-state index in [1.807, 2.05) is 12.1 Å². The maximum atomic E-state index is 12.0. The van der Waals surface area contributed by atoms with Gasteiger partial charge in [0.15, 0.2) is 17.2 Å². The fraction of sp³-hybridized carbons (Fsp3) is 0.333. The minimum absolute atomic E-state index is 0.118. The zero-order valence-electron chi connectivity index (χ0n) is 12.3. The van der Waals surface area contributed by atoms with E-state index >= 15 is 0 Å². The maximum Gasteiger partial charge on any atom is 0.358 e. The van der Waals surface area contributed by atoms with Crippen LogP contribution in [-0.4, -0.2) is 31.3 Å². The van der Waals surface area contributed by atoms with Gasteiger partial charge in [-0.1, -0.05) is 15.9 Å². The van der Waals surface area contributed by atoms with Gasteiger partial charge in [0.25, 0.3) is 0 Å². The van der Waals surface area contributed by atoms with Crippen LogP contribution in [0.5, 0.6) is 11.5 Å². The van der Waals surface area contributed by atoms with Crippen LogP contribution in [0.15, 0.2) is 22.0 Å². The van der Waals surface area contributed by atoms with Gasteiger partial charge in [-0.3, -0.25) is 0 Å². The van der Waals surface area contributed by atoms with Crippen molar-refractivity contribution in [1.82, 2.24) is 4.98 Å². The molecule has 3 rings (SSSR count). The predicted octanol–water partition coefficient (Wildman–Crippen LogP) is 3.18. The Morgan fingerprint density at radius 2 is 2.04 bits per heavy atom. The summed E-state index contributed by atoms with van der Waals surface area (Å²) < 4.78 is 22.1. The molecule has 0 spiro atoms. The van der Waals surface area contributed by atoms with Gasteiger partial charge >= 0.3 is 5.97 Å². The number of esters is 1. The Morgan fingerprint density at radius 1 is 1.30 bits per heavy atom. The highest BCUT2D eigenvalue weighted by molar-refractivity contribution is 9.10. The summed E-state index contributed by atoms with van der Waals surface area (Å²) in [6.45, 7) is 1.54. The summed E-state index contributed by atoms with van der Waals surface area (Å²) in [6, 6.07) is 3.63. The van der Waals surface area contributed by atoms with Crippen LogP contribution in [-0.2, 0) is 22.7 Å². The Balaban J connectivity index is 1.66. The fourth-order valence-electron chi connectivity index (χ4n) is 2.03. The van der Waals surface area contributed by atoms with E-state index in [9.17, 15) is 4.79 Å². The molecule has 0 unspecified atom stereocenters. The zero-order valence-corrected chi connectivity index (χ0v) is 14.7. The molecular formula is C15H14BrNO5S. The molecule has 1 aliphatic rings. The Morgan fingerprint density at radius 3 is 2.78 bits per heavy atom. The van der Waals surface area contributed by atoms with Gasteiger partial charge in [0.05, 0.1) is 6.61 Å². The number of fused-ring (bicyclic) bond motifs is 1. The molecule has 0 fully saturated rings. The molecule has 0 saturated carbocycles. The van der Waals surface area contributed by atoms with Crippen molar-refractivity contribution < 1.29 is 23.7 Å². The van der Waals surface area contributed by atoms with Crippen molar-refractivity contribution >= 4 is 33.2 Å². The third-order valence-corrected chi connectivity index (χ3v) is 4.66. The molecule has 0 bridgehead atoms. The number of nitrogens with zero attached hydrogens (tertiary/aromatic N) is 1. The molecule has 1 aliphatic heterocycles. The molecule has 0 atom stereocenters. The van der Waals surface area contributed by atoms with E-state index in [1.165, 1.54) is 11.3 Å². The second kappa shape index (κ2) is 7.29. The summed E-state index contributed by atoms with van der Waals surface area (Å²) in [4.78, 5) is 16.2. The summed E-state index contributed by atoms with van der Waals surface area (Å²) in [5.74, 6) is 0.869. The van der Waals surface area contributed by atoms with Crippen LogP contribution in [0.1, 0.15) is 21.1 Å². The van der Waals surface area contributed by atoms with Gasteiger partial charge in [-0.2, -0.15) is 0 Å². The Kier molecular flexibility index (Phi) is 5.14. The normalized spacial score (nSPS) is 13.0. The number of thiazole rings is 1. The van der Waals surface area contributed by atoms with Crippen molar-refractivity contribution in [1.29, 1.82) is 0 Å². The average Bonchev–Trinajstić information content (AvgIpc) is 3.01. The number of carbonyl (C=O) groups is 1. The fourth-order valence-corrected chi connectivity index (χ4v) is 3.20. The van der Waals surface area contributed by atoms with Crippen LogP contribution >= 0.6 is 27.3 Å². The predicted molar refractivity (Wildman–Crippen MR) is 87.1 cm³/mol. The van der Waals surface area contributed by atoms with Gasteiger partial charge < -0.3 is 18.9 Å². The molecule has 122 valence electrons. The first-order valence-electron chi connectivity index (χ1n) is 6.86. The Bertz CT molecular complexity index is 718. The SMILES string of the molecule is COCc1nc(C(=O)OCc2cc3c(cc2Br)OCCO3)cs1. The van der Waals surface area contributed by atoms with Crippen molar-refractivity contribution in [2.24, 2.45) is 0 Å². The summed E-state index contributed by atoms with van der Waals surface area (Å²) in [5, 5.41) is 2.40. The second-order valence-corrected chi connectivity index (χ2v) is 6.52. The number of hydrogen-bond donors (Lipinski definition) is 0. The van der Waals surface area contributed by atoms with E-state index in [4.69, 9.17) is 18.9 Å². The average molecular weight is 400 g/mol. The minimum atomic E-state index is -0.467. The first-order valence-corrected chi connectivity index (χ1v) is 8.53. The van der Waals surface area contributed by atoms with Gasteiger partial charge in [0.2, 0.25) is 0 Å². The highest BCUT2D eigenvalue weighted by Crippen LogP contribution is 2.35. The molecule has 0 amide bonds. The Labute approximate surface area is 145 Å². The summed E-state index contributed by atoms with van der Waals surface area (Å²) in [7, 11) is 1.58. The third-order valence-electron chi connectivity index (χ3n) is 3.10. The first kappa shape index (κ1) is 16.2. The van der Waals surface area contributed by atoms with Crippen molar-refractivity contribution in [2.75, 3.05) is 20.3 Å². The van der Waals surface area contributed by atoms with Gasteiger partial charge in [0, 0.05) is 22.5 Å². The number of carbonyl (C=O) groups excluding carboxylic acids is 1. The lowest BCUT2D eigenvalue weighted by atomic mass is 10.2. The molecule has 1 aromatic carbocycles. The number of methoxy groups -OCH3 is 1. The van der Waals surface area contributed by atoms with E-state index in [0.29, 0.717) is 31.3 Å². The monoisotopic (exact) mass is 399 g/mol. The van der Waals surface area contributed by atoms with Crippen LogP contribution in [0.3, 0.4) is 0 Å². The quantitative estimate of drug-likeness (QED) is 0.719. The molecule has 8 heteroatoms. The second-order valence-electron chi connectivity index (χ2n) is 4.72. The van der Waals surface area contributed by atoms with Crippen LogP contribution in [0.25, 0.3) is 0 Å². The largest absolute Gasteiger partial charge is 0.486 e. The lowest BCUT2D eigenvalue weighted by Crippen LogP contribution is -2.16. The van der Waals surface area contributed by atoms with Gasteiger partial charge in [-0.25, -0.2) is 9.78 Å². The summed E-state index contributed by atoms with van der Waals surface area (Å²) in [5.41, 5.74) is 1.09. The highest BCUT2D eigenvalue weighted by atomic mass is 79.9. The number of ether oxygens (including phenoxy) is 4. The molecule has 2 aromatic rings. The molecule has 0 radical (unpaired) electrons.